The zero-order chi connectivity index (χ0) is 16.6. The van der Waals surface area contributed by atoms with Gasteiger partial charge in [0.25, 0.3) is 5.56 Å². The van der Waals surface area contributed by atoms with Crippen molar-refractivity contribution in [3.63, 3.8) is 0 Å². The Balaban J connectivity index is 2.39. The van der Waals surface area contributed by atoms with E-state index < -0.39 is 5.82 Å². The number of ether oxygens (including phenoxy) is 1. The van der Waals surface area contributed by atoms with Gasteiger partial charge >= 0.3 is 0 Å². The number of aromatic nitrogens is 2. The van der Waals surface area contributed by atoms with Gasteiger partial charge in [0.2, 0.25) is 5.88 Å². The van der Waals surface area contributed by atoms with Crippen molar-refractivity contribution < 1.29 is 9.13 Å². The largest absolute Gasteiger partial charge is 0.481 e. The molecular formula is C18H17FN2O2. The number of methoxy groups -OCH3 is 1. The highest BCUT2D eigenvalue weighted by Gasteiger charge is 2.16. The normalized spacial score (nSPS) is 11.2. The van der Waals surface area contributed by atoms with E-state index >= 15 is 0 Å². The van der Waals surface area contributed by atoms with E-state index in [0.29, 0.717) is 5.39 Å². The van der Waals surface area contributed by atoms with Gasteiger partial charge in [0, 0.05) is 17.6 Å². The number of rotatable bonds is 3. The van der Waals surface area contributed by atoms with E-state index in [4.69, 9.17) is 4.74 Å². The van der Waals surface area contributed by atoms with Gasteiger partial charge in [-0.1, -0.05) is 32.0 Å². The summed E-state index contributed by atoms with van der Waals surface area (Å²) in [7, 11) is 1.45. The fourth-order valence-electron chi connectivity index (χ4n) is 2.63. The van der Waals surface area contributed by atoms with Crippen molar-refractivity contribution >= 4 is 10.8 Å². The van der Waals surface area contributed by atoms with Gasteiger partial charge in [0.05, 0.1) is 7.11 Å². The molecule has 0 atom stereocenters. The molecule has 2 heterocycles. The molecule has 0 spiro atoms. The smallest absolute Gasteiger partial charge is 0.264 e. The Hall–Kier alpha value is -2.69. The van der Waals surface area contributed by atoms with Gasteiger partial charge in [-0.3, -0.25) is 9.36 Å². The summed E-state index contributed by atoms with van der Waals surface area (Å²) in [5.74, 6) is -0.187. The SMILES string of the molecule is COc1ccc(F)c(-n2cc(C(C)C)c3ccccc3c2=O)n1. The maximum Gasteiger partial charge on any atom is 0.264 e. The minimum atomic E-state index is -0.571. The average molecular weight is 312 g/mol. The summed E-state index contributed by atoms with van der Waals surface area (Å²) >= 11 is 0. The van der Waals surface area contributed by atoms with Crippen LogP contribution in [0.3, 0.4) is 0 Å². The summed E-state index contributed by atoms with van der Waals surface area (Å²) in [5, 5.41) is 1.43. The lowest BCUT2D eigenvalue weighted by Gasteiger charge is -2.15. The molecule has 3 rings (SSSR count). The van der Waals surface area contributed by atoms with E-state index in [9.17, 15) is 9.18 Å². The van der Waals surface area contributed by atoms with Crippen LogP contribution in [0.4, 0.5) is 4.39 Å². The van der Waals surface area contributed by atoms with Gasteiger partial charge in [-0.2, -0.15) is 4.98 Å². The summed E-state index contributed by atoms with van der Waals surface area (Å²) in [6, 6.07) is 10.0. The first-order chi connectivity index (χ1) is 11.0. The van der Waals surface area contributed by atoms with Gasteiger partial charge in [-0.15, -0.1) is 0 Å². The molecule has 4 nitrogen and oxygen atoms in total. The first-order valence-corrected chi connectivity index (χ1v) is 7.38. The second-order valence-corrected chi connectivity index (χ2v) is 5.62. The van der Waals surface area contributed by atoms with Gasteiger partial charge in [-0.25, -0.2) is 4.39 Å². The average Bonchev–Trinajstić information content (AvgIpc) is 2.56. The number of fused-ring (bicyclic) bond motifs is 1. The van der Waals surface area contributed by atoms with Crippen LogP contribution in [0.25, 0.3) is 16.6 Å². The summed E-state index contributed by atoms with van der Waals surface area (Å²) in [5.41, 5.74) is 0.661. The van der Waals surface area contributed by atoms with Crippen molar-refractivity contribution in [3.05, 3.63) is 64.3 Å². The lowest BCUT2D eigenvalue weighted by molar-refractivity contribution is 0.395. The lowest BCUT2D eigenvalue weighted by Crippen LogP contribution is -2.21. The fourth-order valence-corrected chi connectivity index (χ4v) is 2.63. The first kappa shape index (κ1) is 15.2. The Labute approximate surface area is 133 Å². The third kappa shape index (κ3) is 2.59. The number of nitrogens with zero attached hydrogens (tertiary/aromatic N) is 2. The van der Waals surface area contributed by atoms with Crippen LogP contribution in [0.2, 0.25) is 0 Å². The van der Waals surface area contributed by atoms with Crippen molar-refractivity contribution in [1.82, 2.24) is 9.55 Å². The van der Waals surface area contributed by atoms with Crippen molar-refractivity contribution in [2.24, 2.45) is 0 Å². The zero-order valence-corrected chi connectivity index (χ0v) is 13.2. The molecule has 0 N–H and O–H groups in total. The number of hydrogen-bond acceptors (Lipinski definition) is 3. The van der Waals surface area contributed by atoms with Gasteiger partial charge in [0.15, 0.2) is 11.6 Å². The molecule has 0 saturated carbocycles. The molecule has 0 bridgehead atoms. The summed E-state index contributed by atoms with van der Waals surface area (Å²) in [6.45, 7) is 4.07. The van der Waals surface area contributed by atoms with E-state index in [1.165, 1.54) is 23.8 Å². The number of hydrogen-bond donors (Lipinski definition) is 0. The molecule has 0 aliphatic carbocycles. The molecule has 3 aromatic rings. The van der Waals surface area contributed by atoms with Crippen LogP contribution >= 0.6 is 0 Å². The third-order valence-corrected chi connectivity index (χ3v) is 3.82. The highest BCUT2D eigenvalue weighted by atomic mass is 19.1. The van der Waals surface area contributed by atoms with Crippen molar-refractivity contribution in [3.8, 4) is 11.7 Å². The molecule has 0 radical (unpaired) electrons. The molecule has 5 heteroatoms. The summed E-state index contributed by atoms with van der Waals surface area (Å²) < 4.78 is 20.5. The van der Waals surface area contributed by atoms with E-state index in [1.54, 1.807) is 18.3 Å². The molecule has 23 heavy (non-hydrogen) atoms. The minimum absolute atomic E-state index is 0.0537. The van der Waals surface area contributed by atoms with Crippen LogP contribution in [-0.4, -0.2) is 16.7 Å². The maximum absolute atomic E-state index is 14.2. The monoisotopic (exact) mass is 312 g/mol. The highest BCUT2D eigenvalue weighted by Crippen LogP contribution is 2.25. The fraction of sp³-hybridized carbons (Fsp3) is 0.222. The molecule has 1 aromatic carbocycles. The van der Waals surface area contributed by atoms with Crippen LogP contribution in [0, 0.1) is 5.82 Å². The van der Waals surface area contributed by atoms with Crippen molar-refractivity contribution in [2.45, 2.75) is 19.8 Å². The highest BCUT2D eigenvalue weighted by molar-refractivity contribution is 5.85. The van der Waals surface area contributed by atoms with Gasteiger partial charge in [0.1, 0.15) is 0 Å². The topological polar surface area (TPSA) is 44.1 Å². The Morgan fingerprint density at radius 3 is 2.48 bits per heavy atom. The maximum atomic E-state index is 14.2. The van der Waals surface area contributed by atoms with E-state index in [0.717, 1.165) is 10.9 Å². The van der Waals surface area contributed by atoms with Crippen LogP contribution in [-0.2, 0) is 0 Å². The van der Waals surface area contributed by atoms with Crippen LogP contribution in [0.1, 0.15) is 25.3 Å². The lowest BCUT2D eigenvalue weighted by atomic mass is 9.98. The summed E-state index contributed by atoms with van der Waals surface area (Å²) in [6.07, 6.45) is 1.67. The molecule has 0 saturated heterocycles. The first-order valence-electron chi connectivity index (χ1n) is 7.38. The minimum Gasteiger partial charge on any atom is -0.481 e. The Morgan fingerprint density at radius 1 is 1.13 bits per heavy atom. The predicted molar refractivity (Wildman–Crippen MR) is 87.9 cm³/mol. The Kier molecular flexibility index (Phi) is 3.86. The third-order valence-electron chi connectivity index (χ3n) is 3.82. The Morgan fingerprint density at radius 2 is 1.83 bits per heavy atom. The molecule has 2 aromatic heterocycles. The second-order valence-electron chi connectivity index (χ2n) is 5.62. The molecule has 0 aliphatic heterocycles. The van der Waals surface area contributed by atoms with Crippen molar-refractivity contribution in [1.29, 1.82) is 0 Å². The molecule has 118 valence electrons. The molecular weight excluding hydrogens is 295 g/mol. The standard InChI is InChI=1S/C18H17FN2O2/c1-11(2)14-10-21(17-15(19)8-9-16(20-17)23-3)18(22)13-7-5-4-6-12(13)14/h4-11H,1-3H3. The van der Waals surface area contributed by atoms with E-state index in [2.05, 4.69) is 4.98 Å². The summed E-state index contributed by atoms with van der Waals surface area (Å²) in [4.78, 5) is 16.9. The zero-order valence-electron chi connectivity index (χ0n) is 13.2. The Bertz CT molecular complexity index is 932. The quantitative estimate of drug-likeness (QED) is 0.741. The predicted octanol–water partition coefficient (Wildman–Crippen LogP) is 3.66. The van der Waals surface area contributed by atoms with Gasteiger partial charge < -0.3 is 4.74 Å². The van der Waals surface area contributed by atoms with E-state index in [1.807, 2.05) is 26.0 Å². The molecule has 0 amide bonds. The van der Waals surface area contributed by atoms with E-state index in [-0.39, 0.29) is 23.2 Å². The van der Waals surface area contributed by atoms with Crippen LogP contribution < -0.4 is 10.3 Å². The van der Waals surface area contributed by atoms with Gasteiger partial charge in [-0.05, 0) is 29.0 Å². The number of pyridine rings is 2. The molecule has 0 unspecified atom stereocenters. The van der Waals surface area contributed by atoms with Crippen LogP contribution in [0.15, 0.2) is 47.4 Å². The van der Waals surface area contributed by atoms with Crippen LogP contribution in [0.5, 0.6) is 5.88 Å². The van der Waals surface area contributed by atoms with Crippen molar-refractivity contribution in [2.75, 3.05) is 7.11 Å². The number of benzene rings is 1. The second kappa shape index (κ2) is 5.83. The molecule has 0 fully saturated rings. The number of halogens is 1. The molecule has 0 aliphatic rings.